The van der Waals surface area contributed by atoms with Crippen molar-refractivity contribution in [1.29, 1.82) is 0 Å². The second-order valence-electron chi connectivity index (χ2n) is 4.17. The average molecular weight is 198 g/mol. The molecule has 2 fully saturated rings. The molecular weight excluding hydrogens is 186 g/mol. The predicted molar refractivity (Wildman–Crippen MR) is 49.5 cm³/mol. The van der Waals surface area contributed by atoms with Crippen molar-refractivity contribution in [1.82, 2.24) is 14.8 Å². The summed E-state index contributed by atoms with van der Waals surface area (Å²) in [5.74, 6) is 1.70. The lowest BCUT2D eigenvalue weighted by Gasteiger charge is -2.16. The molecule has 0 bridgehead atoms. The van der Waals surface area contributed by atoms with Crippen LogP contribution in [0.3, 0.4) is 0 Å². The van der Waals surface area contributed by atoms with Gasteiger partial charge in [0.05, 0.1) is 0 Å². The maximum Gasteiger partial charge on any atom is 0.225 e. The van der Waals surface area contributed by atoms with Crippen LogP contribution in [0.1, 0.15) is 31.7 Å². The lowest BCUT2D eigenvalue weighted by atomic mass is 10.1. The zero-order valence-electron chi connectivity index (χ0n) is 7.36. The van der Waals surface area contributed by atoms with Crippen LogP contribution in [0.5, 0.6) is 0 Å². The van der Waals surface area contributed by atoms with Crippen LogP contribution >= 0.6 is 11.6 Å². The van der Waals surface area contributed by atoms with Crippen LogP contribution in [0.15, 0.2) is 6.33 Å². The van der Waals surface area contributed by atoms with Crippen LogP contribution in [0, 0.1) is 11.8 Å². The van der Waals surface area contributed by atoms with E-state index in [1.165, 1.54) is 25.7 Å². The molecule has 0 amide bonds. The van der Waals surface area contributed by atoms with Gasteiger partial charge in [-0.2, -0.15) is 0 Å². The molecule has 3 rings (SSSR count). The monoisotopic (exact) mass is 197 g/mol. The summed E-state index contributed by atoms with van der Waals surface area (Å²) in [4.78, 5) is 0. The molecular formula is C9H12ClN3. The summed E-state index contributed by atoms with van der Waals surface area (Å²) in [6.45, 7) is 0. The summed E-state index contributed by atoms with van der Waals surface area (Å²) >= 11 is 5.97. The second-order valence-corrected chi connectivity index (χ2v) is 4.51. The summed E-state index contributed by atoms with van der Waals surface area (Å²) in [5.41, 5.74) is 0. The standard InChI is InChI=1S/C9H12ClN3/c10-9-12-11-5-13(9)8(6-1-2-6)7-3-4-7/h5-8H,1-4H2. The van der Waals surface area contributed by atoms with Crippen LogP contribution in [0.2, 0.25) is 5.28 Å². The van der Waals surface area contributed by atoms with Gasteiger partial charge in [-0.05, 0) is 49.1 Å². The van der Waals surface area contributed by atoms with E-state index in [9.17, 15) is 0 Å². The SMILES string of the molecule is Clc1nncn1C(C1CC1)C1CC1. The summed E-state index contributed by atoms with van der Waals surface area (Å²) in [5, 5.41) is 8.24. The van der Waals surface area contributed by atoms with Gasteiger partial charge >= 0.3 is 0 Å². The first-order valence-electron chi connectivity index (χ1n) is 4.91. The topological polar surface area (TPSA) is 30.7 Å². The summed E-state index contributed by atoms with van der Waals surface area (Å²) < 4.78 is 2.07. The highest BCUT2D eigenvalue weighted by Crippen LogP contribution is 2.52. The summed E-state index contributed by atoms with van der Waals surface area (Å²) in [6, 6.07) is 0.600. The van der Waals surface area contributed by atoms with E-state index < -0.39 is 0 Å². The van der Waals surface area contributed by atoms with E-state index in [0.717, 1.165) is 11.8 Å². The molecule has 1 aromatic rings. The Kier molecular flexibility index (Phi) is 1.62. The molecule has 1 aromatic heterocycles. The minimum absolute atomic E-state index is 0.559. The first-order chi connectivity index (χ1) is 6.36. The van der Waals surface area contributed by atoms with Gasteiger partial charge in [-0.3, -0.25) is 0 Å². The van der Waals surface area contributed by atoms with Crippen LogP contribution in [-0.2, 0) is 0 Å². The number of rotatable bonds is 3. The Morgan fingerprint density at radius 3 is 2.31 bits per heavy atom. The van der Waals surface area contributed by atoms with Crippen molar-refractivity contribution in [3.63, 3.8) is 0 Å². The van der Waals surface area contributed by atoms with E-state index in [-0.39, 0.29) is 0 Å². The first kappa shape index (κ1) is 7.80. The third kappa shape index (κ3) is 1.35. The van der Waals surface area contributed by atoms with Gasteiger partial charge in [0.25, 0.3) is 0 Å². The Morgan fingerprint density at radius 2 is 1.92 bits per heavy atom. The molecule has 0 atom stereocenters. The lowest BCUT2D eigenvalue weighted by Crippen LogP contribution is -2.12. The fraction of sp³-hybridized carbons (Fsp3) is 0.778. The molecule has 2 saturated carbocycles. The first-order valence-corrected chi connectivity index (χ1v) is 5.29. The molecule has 0 radical (unpaired) electrons. The van der Waals surface area contributed by atoms with E-state index in [2.05, 4.69) is 14.8 Å². The number of aromatic nitrogens is 3. The summed E-state index contributed by atoms with van der Waals surface area (Å²) in [6.07, 6.45) is 7.21. The molecule has 0 saturated heterocycles. The van der Waals surface area contributed by atoms with Crippen LogP contribution in [0.25, 0.3) is 0 Å². The van der Waals surface area contributed by atoms with E-state index in [0.29, 0.717) is 11.3 Å². The third-order valence-corrected chi connectivity index (χ3v) is 3.33. The Balaban J connectivity index is 1.90. The third-order valence-electron chi connectivity index (χ3n) is 3.06. The van der Waals surface area contributed by atoms with E-state index >= 15 is 0 Å². The van der Waals surface area contributed by atoms with E-state index in [4.69, 9.17) is 11.6 Å². The fourth-order valence-electron chi connectivity index (χ4n) is 2.14. The Labute approximate surface area is 82.1 Å². The molecule has 0 spiro atoms. The normalized spacial score (nSPS) is 22.6. The van der Waals surface area contributed by atoms with Gasteiger partial charge in [-0.15, -0.1) is 10.2 Å². The maximum atomic E-state index is 5.97. The Morgan fingerprint density at radius 1 is 1.31 bits per heavy atom. The number of hydrogen-bond donors (Lipinski definition) is 0. The molecule has 13 heavy (non-hydrogen) atoms. The summed E-state index contributed by atoms with van der Waals surface area (Å²) in [7, 11) is 0. The van der Waals surface area contributed by atoms with Crippen molar-refractivity contribution in [2.75, 3.05) is 0 Å². The zero-order valence-corrected chi connectivity index (χ0v) is 8.11. The smallest absolute Gasteiger partial charge is 0.225 e. The molecule has 1 heterocycles. The average Bonchev–Trinajstić information content (AvgIpc) is 2.96. The quantitative estimate of drug-likeness (QED) is 0.745. The fourth-order valence-corrected chi connectivity index (χ4v) is 2.34. The molecule has 3 nitrogen and oxygen atoms in total. The molecule has 70 valence electrons. The van der Waals surface area contributed by atoms with Gasteiger partial charge in [0.2, 0.25) is 5.28 Å². The highest BCUT2D eigenvalue weighted by molar-refractivity contribution is 6.28. The Hall–Kier alpha value is -0.570. The van der Waals surface area contributed by atoms with Gasteiger partial charge in [0.15, 0.2) is 0 Å². The molecule has 2 aliphatic rings. The molecule has 2 aliphatic carbocycles. The van der Waals surface area contributed by atoms with Gasteiger partial charge in [0.1, 0.15) is 6.33 Å². The van der Waals surface area contributed by atoms with Gasteiger partial charge in [-0.25, -0.2) is 0 Å². The van der Waals surface area contributed by atoms with Gasteiger partial charge < -0.3 is 4.57 Å². The van der Waals surface area contributed by atoms with Gasteiger partial charge in [0, 0.05) is 6.04 Å². The van der Waals surface area contributed by atoms with Crippen molar-refractivity contribution in [2.24, 2.45) is 11.8 Å². The molecule has 0 aliphatic heterocycles. The lowest BCUT2D eigenvalue weighted by molar-refractivity contribution is 0.394. The van der Waals surface area contributed by atoms with Crippen molar-refractivity contribution in [3.8, 4) is 0 Å². The van der Waals surface area contributed by atoms with Crippen LogP contribution < -0.4 is 0 Å². The second kappa shape index (κ2) is 2.71. The Bertz CT molecular complexity index is 302. The van der Waals surface area contributed by atoms with Crippen molar-refractivity contribution >= 4 is 11.6 Å². The minimum Gasteiger partial charge on any atom is -0.301 e. The molecule has 4 heteroatoms. The zero-order chi connectivity index (χ0) is 8.84. The van der Waals surface area contributed by atoms with Crippen LogP contribution in [-0.4, -0.2) is 14.8 Å². The highest BCUT2D eigenvalue weighted by Gasteiger charge is 2.43. The van der Waals surface area contributed by atoms with Crippen LogP contribution in [0.4, 0.5) is 0 Å². The van der Waals surface area contributed by atoms with Crippen molar-refractivity contribution in [2.45, 2.75) is 31.7 Å². The molecule has 0 aromatic carbocycles. The van der Waals surface area contributed by atoms with E-state index in [1.54, 1.807) is 6.33 Å². The molecule has 0 unspecified atom stereocenters. The van der Waals surface area contributed by atoms with Gasteiger partial charge in [-0.1, -0.05) is 0 Å². The minimum atomic E-state index is 0.559. The predicted octanol–water partition coefficient (Wildman–Crippen LogP) is 2.29. The number of hydrogen-bond acceptors (Lipinski definition) is 2. The molecule has 0 N–H and O–H groups in total. The number of nitrogens with zero attached hydrogens (tertiary/aromatic N) is 3. The van der Waals surface area contributed by atoms with Crippen molar-refractivity contribution < 1.29 is 0 Å². The largest absolute Gasteiger partial charge is 0.301 e. The van der Waals surface area contributed by atoms with E-state index in [1.807, 2.05) is 0 Å². The maximum absolute atomic E-state index is 5.97. The number of halogens is 1. The highest BCUT2D eigenvalue weighted by atomic mass is 35.5. The van der Waals surface area contributed by atoms with Crippen molar-refractivity contribution in [3.05, 3.63) is 11.6 Å².